The molecule has 0 fully saturated rings. The van der Waals surface area contributed by atoms with E-state index >= 15 is 0 Å². The van der Waals surface area contributed by atoms with Gasteiger partial charge in [-0.25, -0.2) is 4.39 Å². The van der Waals surface area contributed by atoms with Crippen molar-refractivity contribution in [3.63, 3.8) is 0 Å². The number of ether oxygens (including phenoxy) is 1. The molecule has 0 bridgehead atoms. The monoisotopic (exact) mass is 413 g/mol. The Kier molecular flexibility index (Phi) is 6.56. The van der Waals surface area contributed by atoms with E-state index in [2.05, 4.69) is 10.3 Å². The maximum Gasteiger partial charge on any atom is 0.254 e. The van der Waals surface area contributed by atoms with Crippen molar-refractivity contribution < 1.29 is 18.7 Å². The summed E-state index contributed by atoms with van der Waals surface area (Å²) in [6, 6.07) is 9.09. The predicted octanol–water partition coefficient (Wildman–Crippen LogP) is 3.74. The van der Waals surface area contributed by atoms with E-state index in [4.69, 9.17) is 4.74 Å². The lowest BCUT2D eigenvalue weighted by Gasteiger charge is -2.18. The summed E-state index contributed by atoms with van der Waals surface area (Å²) >= 11 is 1.50. The van der Waals surface area contributed by atoms with Gasteiger partial charge in [-0.2, -0.15) is 11.3 Å². The van der Waals surface area contributed by atoms with E-state index in [1.54, 1.807) is 32.5 Å². The minimum Gasteiger partial charge on any atom is -0.497 e. The molecule has 8 heteroatoms. The Balaban J connectivity index is 1.70. The number of benzene rings is 1. The highest BCUT2D eigenvalue weighted by atomic mass is 32.1. The lowest BCUT2D eigenvalue weighted by molar-refractivity contribution is -0.115. The molecule has 1 aromatic carbocycles. The van der Waals surface area contributed by atoms with E-state index in [9.17, 15) is 14.0 Å². The summed E-state index contributed by atoms with van der Waals surface area (Å²) in [5, 5.41) is 6.41. The fourth-order valence-electron chi connectivity index (χ4n) is 2.77. The Morgan fingerprint density at radius 2 is 2.07 bits per heavy atom. The third-order valence-corrected chi connectivity index (χ3v) is 4.87. The number of nitrogens with one attached hydrogen (secondary N) is 1. The van der Waals surface area contributed by atoms with Crippen LogP contribution in [0.4, 0.5) is 10.1 Å². The molecule has 2 amide bonds. The maximum absolute atomic E-state index is 14.1. The highest BCUT2D eigenvalue weighted by Gasteiger charge is 2.16. The predicted molar refractivity (Wildman–Crippen MR) is 110 cm³/mol. The fraction of sp³-hybridized carbons (Fsp3) is 0.190. The second-order valence-electron chi connectivity index (χ2n) is 6.43. The molecule has 29 heavy (non-hydrogen) atoms. The fourth-order valence-corrected chi connectivity index (χ4v) is 3.44. The highest BCUT2D eigenvalue weighted by Crippen LogP contribution is 2.18. The molecule has 3 aromatic rings. The number of carbonyl (C=O) groups is 2. The zero-order chi connectivity index (χ0) is 20.8. The van der Waals surface area contributed by atoms with Gasteiger partial charge in [-0.05, 0) is 46.7 Å². The molecule has 0 unspecified atom stereocenters. The lowest BCUT2D eigenvalue weighted by atomic mass is 10.1. The summed E-state index contributed by atoms with van der Waals surface area (Å²) in [6.07, 6.45) is 1.78. The van der Waals surface area contributed by atoms with Crippen LogP contribution < -0.4 is 10.1 Å². The number of hydrogen-bond acceptors (Lipinski definition) is 5. The van der Waals surface area contributed by atoms with Gasteiger partial charge in [0, 0.05) is 30.6 Å². The van der Waals surface area contributed by atoms with Crippen LogP contribution in [0.5, 0.6) is 5.75 Å². The Labute approximate surface area is 172 Å². The summed E-state index contributed by atoms with van der Waals surface area (Å²) in [7, 11) is 3.15. The molecule has 0 radical (unpaired) electrons. The van der Waals surface area contributed by atoms with Gasteiger partial charge in [-0.1, -0.05) is 0 Å². The molecule has 150 valence electrons. The number of rotatable bonds is 7. The van der Waals surface area contributed by atoms with E-state index in [0.29, 0.717) is 11.4 Å². The Morgan fingerprint density at radius 1 is 1.24 bits per heavy atom. The van der Waals surface area contributed by atoms with Gasteiger partial charge in [0.25, 0.3) is 5.91 Å². The minimum absolute atomic E-state index is 0.140. The molecule has 2 heterocycles. The number of amides is 2. The number of pyridine rings is 1. The van der Waals surface area contributed by atoms with Crippen LogP contribution >= 0.6 is 11.3 Å². The second kappa shape index (κ2) is 9.29. The van der Waals surface area contributed by atoms with Gasteiger partial charge in [-0.3, -0.25) is 14.6 Å². The van der Waals surface area contributed by atoms with E-state index in [0.717, 1.165) is 11.6 Å². The SMILES string of the molecule is COc1ccnc(CN(C)C(=O)c2cc(F)cc(NC(=O)Cc3ccsc3)c2)c1. The van der Waals surface area contributed by atoms with Gasteiger partial charge in [0.1, 0.15) is 11.6 Å². The van der Waals surface area contributed by atoms with E-state index in [1.165, 1.54) is 28.4 Å². The van der Waals surface area contributed by atoms with Crippen molar-refractivity contribution in [1.29, 1.82) is 0 Å². The first-order chi connectivity index (χ1) is 13.9. The zero-order valence-electron chi connectivity index (χ0n) is 16.0. The number of carbonyl (C=O) groups excluding carboxylic acids is 2. The van der Waals surface area contributed by atoms with Crippen LogP contribution in [0, 0.1) is 5.82 Å². The number of anilines is 1. The summed E-state index contributed by atoms with van der Waals surface area (Å²) in [5.74, 6) is -0.629. The molecule has 2 aromatic heterocycles. The molecule has 0 aliphatic rings. The average Bonchev–Trinajstić information content (AvgIpc) is 3.19. The van der Waals surface area contributed by atoms with E-state index in [1.807, 2.05) is 16.8 Å². The molecular weight excluding hydrogens is 393 g/mol. The molecule has 6 nitrogen and oxygen atoms in total. The molecule has 0 saturated carbocycles. The smallest absolute Gasteiger partial charge is 0.254 e. The number of halogens is 1. The number of methoxy groups -OCH3 is 1. The van der Waals surface area contributed by atoms with Gasteiger partial charge in [-0.15, -0.1) is 0 Å². The van der Waals surface area contributed by atoms with Crippen LogP contribution in [-0.2, 0) is 17.8 Å². The van der Waals surface area contributed by atoms with Crippen molar-refractivity contribution in [2.45, 2.75) is 13.0 Å². The van der Waals surface area contributed by atoms with Gasteiger partial charge in [0.2, 0.25) is 5.91 Å². The van der Waals surface area contributed by atoms with Crippen molar-refractivity contribution in [3.05, 3.63) is 76.0 Å². The highest BCUT2D eigenvalue weighted by molar-refractivity contribution is 7.08. The van der Waals surface area contributed by atoms with Gasteiger partial charge < -0.3 is 15.0 Å². The Hall–Kier alpha value is -3.26. The number of nitrogens with zero attached hydrogens (tertiary/aromatic N) is 2. The summed E-state index contributed by atoms with van der Waals surface area (Å²) in [4.78, 5) is 30.5. The van der Waals surface area contributed by atoms with Crippen LogP contribution in [0.3, 0.4) is 0 Å². The quantitative estimate of drug-likeness (QED) is 0.641. The maximum atomic E-state index is 14.1. The van der Waals surface area contributed by atoms with Crippen LogP contribution in [0.25, 0.3) is 0 Å². The first-order valence-corrected chi connectivity index (χ1v) is 9.75. The average molecular weight is 413 g/mol. The van der Waals surface area contributed by atoms with Crippen LogP contribution in [0.1, 0.15) is 21.6 Å². The summed E-state index contributed by atoms with van der Waals surface area (Å²) in [6.45, 7) is 0.229. The molecule has 0 spiro atoms. The molecule has 0 saturated heterocycles. The first-order valence-electron chi connectivity index (χ1n) is 8.80. The van der Waals surface area contributed by atoms with Crippen molar-refractivity contribution in [2.75, 3.05) is 19.5 Å². The van der Waals surface area contributed by atoms with Crippen molar-refractivity contribution in [2.24, 2.45) is 0 Å². The molecule has 3 rings (SSSR count). The summed E-state index contributed by atoms with van der Waals surface area (Å²) < 4.78 is 19.2. The number of thiophene rings is 1. The molecule has 1 N–H and O–H groups in total. The van der Waals surface area contributed by atoms with Crippen molar-refractivity contribution in [3.8, 4) is 5.75 Å². The van der Waals surface area contributed by atoms with Crippen molar-refractivity contribution >= 4 is 28.8 Å². The van der Waals surface area contributed by atoms with E-state index < -0.39 is 5.82 Å². The Morgan fingerprint density at radius 3 is 2.79 bits per heavy atom. The topological polar surface area (TPSA) is 71.5 Å². The number of hydrogen-bond donors (Lipinski definition) is 1. The third-order valence-electron chi connectivity index (χ3n) is 4.14. The van der Waals surface area contributed by atoms with Crippen LogP contribution in [0.2, 0.25) is 0 Å². The molecular formula is C21H20FN3O3S. The lowest BCUT2D eigenvalue weighted by Crippen LogP contribution is -2.27. The van der Waals surface area contributed by atoms with Gasteiger partial charge in [0.15, 0.2) is 0 Å². The van der Waals surface area contributed by atoms with Gasteiger partial charge in [0.05, 0.1) is 25.8 Å². The van der Waals surface area contributed by atoms with Crippen LogP contribution in [0.15, 0.2) is 53.4 Å². The van der Waals surface area contributed by atoms with Crippen LogP contribution in [-0.4, -0.2) is 35.9 Å². The third kappa shape index (κ3) is 5.61. The molecule has 0 atom stereocenters. The standard InChI is InChI=1S/C21H20FN3O3S/c1-25(12-18-11-19(28-2)3-5-23-18)21(27)15-8-16(22)10-17(9-15)24-20(26)7-14-4-6-29-13-14/h3-6,8-11,13H,7,12H2,1-2H3,(H,24,26). The Bertz CT molecular complexity index is 1010. The number of aromatic nitrogens is 1. The normalized spacial score (nSPS) is 10.4. The second-order valence-corrected chi connectivity index (χ2v) is 7.21. The molecule has 0 aliphatic carbocycles. The van der Waals surface area contributed by atoms with Gasteiger partial charge >= 0.3 is 0 Å². The zero-order valence-corrected chi connectivity index (χ0v) is 16.8. The largest absolute Gasteiger partial charge is 0.497 e. The summed E-state index contributed by atoms with van der Waals surface area (Å²) in [5.41, 5.74) is 1.90. The minimum atomic E-state index is -0.602. The van der Waals surface area contributed by atoms with E-state index in [-0.39, 0.29) is 36.0 Å². The molecule has 0 aliphatic heterocycles. The van der Waals surface area contributed by atoms with Crippen molar-refractivity contribution in [1.82, 2.24) is 9.88 Å². The first kappa shape index (κ1) is 20.5.